The second-order valence-corrected chi connectivity index (χ2v) is 6.88. The molecular weight excluding hydrogens is 342 g/mol. The van der Waals surface area contributed by atoms with Gasteiger partial charge in [0.2, 0.25) is 0 Å². The molecule has 2 heterocycles. The number of piperidine rings is 1. The molecule has 1 N–H and O–H groups in total. The Hall–Kier alpha value is -3.15. The van der Waals surface area contributed by atoms with Crippen molar-refractivity contribution >= 4 is 22.9 Å². The Morgan fingerprint density at radius 1 is 1.11 bits per heavy atom. The number of rotatable bonds is 3. The number of nitrogens with zero attached hydrogens (tertiary/aromatic N) is 3. The zero-order valence-electron chi connectivity index (χ0n) is 15.1. The van der Waals surface area contributed by atoms with Gasteiger partial charge in [0, 0.05) is 17.8 Å². The summed E-state index contributed by atoms with van der Waals surface area (Å²) in [6, 6.07) is 14.6. The van der Waals surface area contributed by atoms with Crippen LogP contribution in [0.4, 0.5) is 0 Å². The van der Waals surface area contributed by atoms with Crippen LogP contribution in [0.3, 0.4) is 0 Å². The molecule has 0 unspecified atom stereocenters. The van der Waals surface area contributed by atoms with Gasteiger partial charge in [-0.15, -0.1) is 0 Å². The maximum absolute atomic E-state index is 12.9. The lowest BCUT2D eigenvalue weighted by atomic mass is 10.0. The van der Waals surface area contributed by atoms with Gasteiger partial charge in [0.25, 0.3) is 5.91 Å². The number of aliphatic carboxylic acids is 1. The summed E-state index contributed by atoms with van der Waals surface area (Å²) in [5.74, 6) is -0.341. The SMILES string of the molecule is Cc1nc2cc(C(=O)N3CCCC[C@@H]3C(=O)O)ccc2n1-c1ccccc1. The fraction of sp³-hybridized carbons (Fsp3) is 0.286. The first-order chi connectivity index (χ1) is 13.1. The van der Waals surface area contributed by atoms with Gasteiger partial charge < -0.3 is 10.0 Å². The zero-order valence-corrected chi connectivity index (χ0v) is 15.1. The van der Waals surface area contributed by atoms with Crippen molar-refractivity contribution < 1.29 is 14.7 Å². The number of para-hydroxylation sites is 1. The summed E-state index contributed by atoms with van der Waals surface area (Å²) in [4.78, 5) is 30.5. The maximum Gasteiger partial charge on any atom is 0.326 e. The molecule has 0 bridgehead atoms. The van der Waals surface area contributed by atoms with Gasteiger partial charge in [-0.05, 0) is 56.5 Å². The molecule has 4 rings (SSSR count). The van der Waals surface area contributed by atoms with Crippen LogP contribution in [0.15, 0.2) is 48.5 Å². The van der Waals surface area contributed by atoms with Crippen LogP contribution in [-0.2, 0) is 4.79 Å². The second kappa shape index (κ2) is 6.87. The number of carboxylic acid groups (broad SMARTS) is 1. The Labute approximate surface area is 157 Å². The Morgan fingerprint density at radius 3 is 2.63 bits per heavy atom. The molecule has 1 fully saturated rings. The van der Waals surface area contributed by atoms with E-state index in [0.29, 0.717) is 18.5 Å². The van der Waals surface area contributed by atoms with Gasteiger partial charge in [0.05, 0.1) is 11.0 Å². The molecule has 1 aliphatic heterocycles. The van der Waals surface area contributed by atoms with Crippen molar-refractivity contribution in [2.45, 2.75) is 32.2 Å². The van der Waals surface area contributed by atoms with Gasteiger partial charge in [-0.1, -0.05) is 18.2 Å². The predicted octanol–water partition coefficient (Wildman–Crippen LogP) is 3.41. The largest absolute Gasteiger partial charge is 0.480 e. The third-order valence-corrected chi connectivity index (χ3v) is 5.13. The van der Waals surface area contributed by atoms with Crippen LogP contribution in [-0.4, -0.2) is 44.0 Å². The molecule has 0 saturated carbocycles. The number of aryl methyl sites for hydroxylation is 1. The highest BCUT2D eigenvalue weighted by atomic mass is 16.4. The van der Waals surface area contributed by atoms with E-state index in [4.69, 9.17) is 0 Å². The van der Waals surface area contributed by atoms with Gasteiger partial charge in [-0.2, -0.15) is 0 Å². The Kier molecular flexibility index (Phi) is 4.39. The second-order valence-electron chi connectivity index (χ2n) is 6.88. The average Bonchev–Trinajstić information content (AvgIpc) is 3.02. The first kappa shape index (κ1) is 17.3. The number of carbonyl (C=O) groups is 2. The van der Waals surface area contributed by atoms with Crippen LogP contribution in [0.25, 0.3) is 16.7 Å². The van der Waals surface area contributed by atoms with E-state index < -0.39 is 12.0 Å². The van der Waals surface area contributed by atoms with Crippen LogP contribution in [0.1, 0.15) is 35.4 Å². The molecule has 1 aromatic heterocycles. The van der Waals surface area contributed by atoms with E-state index in [0.717, 1.165) is 35.4 Å². The number of carbonyl (C=O) groups excluding carboxylic acids is 1. The molecule has 3 aromatic rings. The van der Waals surface area contributed by atoms with Crippen LogP contribution in [0.2, 0.25) is 0 Å². The van der Waals surface area contributed by atoms with Gasteiger partial charge >= 0.3 is 5.97 Å². The Balaban J connectivity index is 1.72. The average molecular weight is 363 g/mol. The standard InChI is InChI=1S/C21H21N3O3/c1-14-22-17-13-15(20(25)23-12-6-5-9-19(23)21(26)27)10-11-18(17)24(14)16-7-3-2-4-8-16/h2-4,7-8,10-11,13,19H,5-6,9,12H2,1H3,(H,26,27)/t19-/m1/s1. The topological polar surface area (TPSA) is 75.4 Å². The minimum absolute atomic E-state index is 0.240. The van der Waals surface area contributed by atoms with Crippen LogP contribution in [0, 0.1) is 6.92 Å². The highest BCUT2D eigenvalue weighted by Crippen LogP contribution is 2.25. The third kappa shape index (κ3) is 3.07. The molecule has 6 heteroatoms. The summed E-state index contributed by atoms with van der Waals surface area (Å²) in [7, 11) is 0. The molecule has 138 valence electrons. The molecule has 6 nitrogen and oxygen atoms in total. The van der Waals surface area contributed by atoms with Crippen molar-refractivity contribution in [3.63, 3.8) is 0 Å². The lowest BCUT2D eigenvalue weighted by Crippen LogP contribution is -2.47. The predicted molar refractivity (Wildman–Crippen MR) is 102 cm³/mol. The number of amides is 1. The number of hydrogen-bond donors (Lipinski definition) is 1. The van der Waals surface area contributed by atoms with E-state index in [1.54, 1.807) is 12.1 Å². The van der Waals surface area contributed by atoms with E-state index in [1.165, 1.54) is 4.90 Å². The third-order valence-electron chi connectivity index (χ3n) is 5.13. The minimum Gasteiger partial charge on any atom is -0.480 e. The summed E-state index contributed by atoms with van der Waals surface area (Å²) in [5.41, 5.74) is 3.14. The number of aromatic nitrogens is 2. The molecular formula is C21H21N3O3. The van der Waals surface area contributed by atoms with Crippen LogP contribution >= 0.6 is 0 Å². The number of likely N-dealkylation sites (tertiary alicyclic amines) is 1. The van der Waals surface area contributed by atoms with Crippen molar-refractivity contribution in [3.8, 4) is 5.69 Å². The van der Waals surface area contributed by atoms with E-state index >= 15 is 0 Å². The number of hydrogen-bond acceptors (Lipinski definition) is 3. The summed E-state index contributed by atoms with van der Waals surface area (Å²) in [6.45, 7) is 2.41. The van der Waals surface area contributed by atoms with Crippen molar-refractivity contribution in [1.82, 2.24) is 14.5 Å². The molecule has 1 amide bonds. The fourth-order valence-corrected chi connectivity index (χ4v) is 3.83. The van der Waals surface area contributed by atoms with Crippen molar-refractivity contribution in [3.05, 3.63) is 59.9 Å². The molecule has 2 aromatic carbocycles. The smallest absolute Gasteiger partial charge is 0.326 e. The summed E-state index contributed by atoms with van der Waals surface area (Å²) >= 11 is 0. The highest BCUT2D eigenvalue weighted by molar-refractivity contribution is 5.99. The molecule has 0 aliphatic carbocycles. The van der Waals surface area contributed by atoms with Crippen molar-refractivity contribution in [2.24, 2.45) is 0 Å². The molecule has 0 radical (unpaired) electrons. The monoisotopic (exact) mass is 363 g/mol. The molecule has 1 aliphatic rings. The van der Waals surface area contributed by atoms with E-state index in [1.807, 2.05) is 47.9 Å². The van der Waals surface area contributed by atoms with E-state index in [2.05, 4.69) is 4.98 Å². The lowest BCUT2D eigenvalue weighted by molar-refractivity contribution is -0.143. The van der Waals surface area contributed by atoms with Gasteiger partial charge in [-0.25, -0.2) is 9.78 Å². The number of carboxylic acids is 1. The summed E-state index contributed by atoms with van der Waals surface area (Å²) < 4.78 is 2.05. The quantitative estimate of drug-likeness (QED) is 0.774. The zero-order chi connectivity index (χ0) is 19.0. The first-order valence-corrected chi connectivity index (χ1v) is 9.14. The Morgan fingerprint density at radius 2 is 1.89 bits per heavy atom. The van der Waals surface area contributed by atoms with Gasteiger partial charge in [0.1, 0.15) is 11.9 Å². The number of imidazole rings is 1. The number of fused-ring (bicyclic) bond motifs is 1. The van der Waals surface area contributed by atoms with Crippen LogP contribution < -0.4 is 0 Å². The lowest BCUT2D eigenvalue weighted by Gasteiger charge is -2.33. The highest BCUT2D eigenvalue weighted by Gasteiger charge is 2.32. The normalized spacial score (nSPS) is 17.2. The summed E-state index contributed by atoms with van der Waals surface area (Å²) in [6.07, 6.45) is 2.17. The minimum atomic E-state index is -0.937. The van der Waals surface area contributed by atoms with Gasteiger partial charge in [-0.3, -0.25) is 9.36 Å². The van der Waals surface area contributed by atoms with E-state index in [-0.39, 0.29) is 5.91 Å². The molecule has 1 saturated heterocycles. The first-order valence-electron chi connectivity index (χ1n) is 9.14. The fourth-order valence-electron chi connectivity index (χ4n) is 3.83. The molecule has 1 atom stereocenters. The van der Waals surface area contributed by atoms with Gasteiger partial charge in [0.15, 0.2) is 0 Å². The van der Waals surface area contributed by atoms with Crippen molar-refractivity contribution in [1.29, 1.82) is 0 Å². The Bertz CT molecular complexity index is 1010. The van der Waals surface area contributed by atoms with Crippen molar-refractivity contribution in [2.75, 3.05) is 6.54 Å². The summed E-state index contributed by atoms with van der Waals surface area (Å²) in [5, 5.41) is 9.43. The molecule has 27 heavy (non-hydrogen) atoms. The van der Waals surface area contributed by atoms with E-state index in [9.17, 15) is 14.7 Å². The molecule has 0 spiro atoms. The number of benzene rings is 2. The van der Waals surface area contributed by atoms with Crippen LogP contribution in [0.5, 0.6) is 0 Å². The maximum atomic E-state index is 12.9.